The maximum absolute atomic E-state index is 12.6. The van der Waals surface area contributed by atoms with Crippen LogP contribution < -0.4 is 10.6 Å². The molecule has 1 aromatic heterocycles. The van der Waals surface area contributed by atoms with E-state index in [9.17, 15) is 18.0 Å². The molecule has 160 valence electrons. The van der Waals surface area contributed by atoms with E-state index in [1.165, 1.54) is 22.8 Å². The van der Waals surface area contributed by atoms with Gasteiger partial charge in [-0.05, 0) is 49.2 Å². The molecular formula is C20H23ClN4O4S. The Morgan fingerprint density at radius 2 is 1.73 bits per heavy atom. The number of sulfonamides is 1. The molecule has 0 spiro atoms. The SMILES string of the molecule is O=C(NCCNC(=O)C1CCN(S(=O)(=O)c2cccnc2)CC1)c1ccc(Cl)cc1. The first-order chi connectivity index (χ1) is 14.4. The van der Waals surface area contributed by atoms with Crippen molar-refractivity contribution in [2.75, 3.05) is 26.2 Å². The highest BCUT2D eigenvalue weighted by molar-refractivity contribution is 7.89. The van der Waals surface area contributed by atoms with Crippen LogP contribution in [0.15, 0.2) is 53.7 Å². The van der Waals surface area contributed by atoms with E-state index in [0.717, 1.165) is 0 Å². The second kappa shape index (κ2) is 10.0. The third-order valence-corrected chi connectivity index (χ3v) is 7.05. The van der Waals surface area contributed by atoms with Gasteiger partial charge in [0.15, 0.2) is 0 Å². The second-order valence-corrected chi connectivity index (χ2v) is 9.30. The zero-order valence-corrected chi connectivity index (χ0v) is 17.8. The van der Waals surface area contributed by atoms with Gasteiger partial charge in [-0.15, -0.1) is 0 Å². The molecule has 0 radical (unpaired) electrons. The molecule has 0 saturated carbocycles. The lowest BCUT2D eigenvalue weighted by molar-refractivity contribution is -0.126. The average molecular weight is 451 g/mol. The summed E-state index contributed by atoms with van der Waals surface area (Å²) in [6.45, 7) is 1.15. The Hall–Kier alpha value is -2.49. The number of piperidine rings is 1. The minimum atomic E-state index is -3.59. The molecule has 1 aliphatic rings. The summed E-state index contributed by atoms with van der Waals surface area (Å²) < 4.78 is 26.6. The Morgan fingerprint density at radius 3 is 2.37 bits per heavy atom. The van der Waals surface area contributed by atoms with Crippen molar-refractivity contribution in [1.29, 1.82) is 0 Å². The predicted molar refractivity (Wildman–Crippen MR) is 113 cm³/mol. The number of hydrogen-bond donors (Lipinski definition) is 2. The number of benzene rings is 1. The monoisotopic (exact) mass is 450 g/mol. The molecule has 2 amide bonds. The number of hydrogen-bond acceptors (Lipinski definition) is 5. The molecule has 1 aliphatic heterocycles. The summed E-state index contributed by atoms with van der Waals surface area (Å²) in [5.41, 5.74) is 0.493. The molecule has 1 fully saturated rings. The van der Waals surface area contributed by atoms with Crippen LogP contribution in [-0.4, -0.2) is 55.7 Å². The van der Waals surface area contributed by atoms with Crippen LogP contribution in [0.3, 0.4) is 0 Å². The number of pyridine rings is 1. The van der Waals surface area contributed by atoms with E-state index in [0.29, 0.717) is 36.5 Å². The zero-order valence-electron chi connectivity index (χ0n) is 16.3. The van der Waals surface area contributed by atoms with E-state index in [2.05, 4.69) is 15.6 Å². The number of nitrogens with one attached hydrogen (secondary N) is 2. The van der Waals surface area contributed by atoms with Crippen molar-refractivity contribution in [3.05, 3.63) is 59.4 Å². The minimum absolute atomic E-state index is 0.130. The van der Waals surface area contributed by atoms with Crippen LogP contribution in [0.2, 0.25) is 5.02 Å². The van der Waals surface area contributed by atoms with Gasteiger partial charge in [0.25, 0.3) is 5.91 Å². The lowest BCUT2D eigenvalue weighted by Crippen LogP contribution is -2.44. The standard InChI is InChI=1S/C20H23ClN4O4S/c21-17-5-3-15(4-6-17)19(26)23-10-11-24-20(27)16-7-12-25(13-8-16)30(28,29)18-2-1-9-22-14-18/h1-6,9,14,16H,7-8,10-13H2,(H,23,26)(H,24,27). The van der Waals surface area contributed by atoms with Crippen LogP contribution in [0.4, 0.5) is 0 Å². The molecule has 3 rings (SSSR count). The van der Waals surface area contributed by atoms with Gasteiger partial charge in [0.1, 0.15) is 4.90 Å². The van der Waals surface area contributed by atoms with Crippen molar-refractivity contribution in [3.8, 4) is 0 Å². The molecule has 0 bridgehead atoms. The first-order valence-electron chi connectivity index (χ1n) is 9.59. The van der Waals surface area contributed by atoms with Gasteiger partial charge in [0.05, 0.1) is 0 Å². The Morgan fingerprint density at radius 1 is 1.07 bits per heavy atom. The highest BCUT2D eigenvalue weighted by Gasteiger charge is 2.32. The van der Waals surface area contributed by atoms with Gasteiger partial charge in [-0.25, -0.2) is 8.42 Å². The second-order valence-electron chi connectivity index (χ2n) is 6.92. The molecule has 8 nitrogen and oxygen atoms in total. The van der Waals surface area contributed by atoms with Crippen molar-refractivity contribution >= 4 is 33.4 Å². The number of amides is 2. The van der Waals surface area contributed by atoms with Gasteiger partial charge in [-0.2, -0.15) is 4.31 Å². The van der Waals surface area contributed by atoms with Crippen LogP contribution in [0.1, 0.15) is 23.2 Å². The van der Waals surface area contributed by atoms with Gasteiger partial charge in [-0.1, -0.05) is 11.6 Å². The van der Waals surface area contributed by atoms with Crippen molar-refractivity contribution in [2.24, 2.45) is 5.92 Å². The minimum Gasteiger partial charge on any atom is -0.354 e. The van der Waals surface area contributed by atoms with Gasteiger partial charge in [-0.3, -0.25) is 14.6 Å². The van der Waals surface area contributed by atoms with Crippen LogP contribution >= 0.6 is 11.6 Å². The van der Waals surface area contributed by atoms with Gasteiger partial charge < -0.3 is 10.6 Å². The summed E-state index contributed by atoms with van der Waals surface area (Å²) in [6, 6.07) is 9.63. The Balaban J connectivity index is 1.40. The number of aromatic nitrogens is 1. The van der Waals surface area contributed by atoms with E-state index >= 15 is 0 Å². The first-order valence-corrected chi connectivity index (χ1v) is 11.4. The summed E-state index contributed by atoms with van der Waals surface area (Å²) in [4.78, 5) is 28.4. The average Bonchev–Trinajstić information content (AvgIpc) is 2.77. The fourth-order valence-electron chi connectivity index (χ4n) is 3.22. The molecule has 0 atom stereocenters. The molecule has 1 saturated heterocycles. The molecule has 10 heteroatoms. The van der Waals surface area contributed by atoms with Crippen LogP contribution in [0, 0.1) is 5.92 Å². The van der Waals surface area contributed by atoms with Crippen molar-refractivity contribution < 1.29 is 18.0 Å². The third kappa shape index (κ3) is 5.56. The molecular weight excluding hydrogens is 428 g/mol. The zero-order chi connectivity index (χ0) is 21.6. The topological polar surface area (TPSA) is 108 Å². The maximum Gasteiger partial charge on any atom is 0.251 e. The van der Waals surface area contributed by atoms with Gasteiger partial charge >= 0.3 is 0 Å². The molecule has 0 unspecified atom stereocenters. The number of nitrogens with zero attached hydrogens (tertiary/aromatic N) is 2. The fourth-order valence-corrected chi connectivity index (χ4v) is 4.78. The summed E-state index contributed by atoms with van der Waals surface area (Å²) in [6.07, 6.45) is 3.74. The van der Waals surface area contributed by atoms with E-state index in [1.807, 2.05) is 0 Å². The number of rotatable bonds is 7. The Bertz CT molecular complexity index is 976. The van der Waals surface area contributed by atoms with E-state index in [4.69, 9.17) is 11.6 Å². The molecule has 30 heavy (non-hydrogen) atoms. The smallest absolute Gasteiger partial charge is 0.251 e. The molecule has 2 aromatic rings. The molecule has 2 N–H and O–H groups in total. The summed E-state index contributed by atoms with van der Waals surface area (Å²) >= 11 is 5.80. The number of carbonyl (C=O) groups is 2. The number of carbonyl (C=O) groups excluding carboxylic acids is 2. The maximum atomic E-state index is 12.6. The third-order valence-electron chi connectivity index (χ3n) is 4.91. The normalized spacial score (nSPS) is 15.5. The summed E-state index contributed by atoms with van der Waals surface area (Å²) in [5.74, 6) is -0.624. The van der Waals surface area contributed by atoms with Crippen LogP contribution in [-0.2, 0) is 14.8 Å². The highest BCUT2D eigenvalue weighted by atomic mass is 35.5. The summed E-state index contributed by atoms with van der Waals surface area (Å²) in [5, 5.41) is 6.09. The van der Waals surface area contributed by atoms with Crippen LogP contribution in [0.25, 0.3) is 0 Å². The number of halogens is 1. The fraction of sp³-hybridized carbons (Fsp3) is 0.350. The molecule has 2 heterocycles. The lowest BCUT2D eigenvalue weighted by atomic mass is 9.97. The van der Waals surface area contributed by atoms with E-state index in [-0.39, 0.29) is 35.7 Å². The quantitative estimate of drug-likeness (QED) is 0.624. The lowest BCUT2D eigenvalue weighted by Gasteiger charge is -2.30. The van der Waals surface area contributed by atoms with Crippen molar-refractivity contribution in [1.82, 2.24) is 19.9 Å². The van der Waals surface area contributed by atoms with E-state index in [1.54, 1.807) is 30.3 Å². The largest absolute Gasteiger partial charge is 0.354 e. The summed E-state index contributed by atoms with van der Waals surface area (Å²) in [7, 11) is -3.59. The first kappa shape index (κ1) is 22.2. The Labute approximate surface area is 180 Å². The van der Waals surface area contributed by atoms with Crippen LogP contribution in [0.5, 0.6) is 0 Å². The molecule has 1 aromatic carbocycles. The van der Waals surface area contributed by atoms with E-state index < -0.39 is 10.0 Å². The predicted octanol–water partition coefficient (Wildman–Crippen LogP) is 1.68. The van der Waals surface area contributed by atoms with Crippen molar-refractivity contribution in [3.63, 3.8) is 0 Å². The highest BCUT2D eigenvalue weighted by Crippen LogP contribution is 2.23. The van der Waals surface area contributed by atoms with Crippen molar-refractivity contribution in [2.45, 2.75) is 17.7 Å². The Kier molecular flexibility index (Phi) is 7.41. The van der Waals surface area contributed by atoms with Gasteiger partial charge in [0.2, 0.25) is 15.9 Å². The molecule has 0 aliphatic carbocycles. The van der Waals surface area contributed by atoms with Gasteiger partial charge in [0, 0.05) is 55.1 Å².